The minimum atomic E-state index is -0.560. The molecular weight excluding hydrogens is 1230 g/mol. The maximum Gasteiger partial charge on any atom is 0.344 e. The van der Waals surface area contributed by atoms with E-state index in [2.05, 4.69) is 27.7 Å². The SMILES string of the molecule is CCC(C)(C)C(=O)OC(C)(C)C1CCCCC1.CCC(C)(C)C(=O)OCC(=O)OC(C)(C)C12CC3CC(CC(C3)C1)C2.CCC(C)(C)C(=O)OCC(=O)OC(C)(C)C1CCCCC1.CCC(C)(C)C(=O)OCCO.CCC(C)(C)C(=O)OCCO.CCC(C)(C)C(=O)OCCO. The lowest BCUT2D eigenvalue weighted by atomic mass is 9.46. The summed E-state index contributed by atoms with van der Waals surface area (Å²) < 4.78 is 41.8. The van der Waals surface area contributed by atoms with Crippen LogP contribution in [-0.2, 0) is 76.3 Å². The zero-order valence-electron chi connectivity index (χ0n) is 65.0. The Kier molecular flexibility index (Phi) is 39.5. The Hall–Kier alpha value is -4.36. The van der Waals surface area contributed by atoms with E-state index < -0.39 is 50.2 Å². The van der Waals surface area contributed by atoms with Crippen LogP contribution in [0.4, 0.5) is 0 Å². The predicted molar refractivity (Wildman–Crippen MR) is 375 cm³/mol. The number of carbonyl (C=O) groups excluding carboxylic acids is 8. The molecule has 0 aromatic rings. The van der Waals surface area contributed by atoms with Crippen LogP contribution in [0.15, 0.2) is 0 Å². The van der Waals surface area contributed by atoms with Gasteiger partial charge in [-0.05, 0) is 257 Å². The minimum absolute atomic E-state index is 0.0458. The van der Waals surface area contributed by atoms with Gasteiger partial charge in [-0.15, -0.1) is 0 Å². The molecule has 0 aromatic carbocycles. The Morgan fingerprint density at radius 2 is 0.573 bits per heavy atom. The van der Waals surface area contributed by atoms with Crippen LogP contribution in [-0.4, -0.2) is 133 Å². The first-order chi connectivity index (χ1) is 44.2. The highest BCUT2D eigenvalue weighted by Gasteiger charge is 2.59. The van der Waals surface area contributed by atoms with Gasteiger partial charge in [-0.3, -0.25) is 28.8 Å². The van der Waals surface area contributed by atoms with E-state index in [4.69, 9.17) is 53.2 Å². The third-order valence-electron chi connectivity index (χ3n) is 21.8. The van der Waals surface area contributed by atoms with Crippen LogP contribution >= 0.6 is 0 Å². The smallest absolute Gasteiger partial charge is 0.344 e. The van der Waals surface area contributed by atoms with Gasteiger partial charge >= 0.3 is 47.8 Å². The first-order valence-corrected chi connectivity index (χ1v) is 36.5. The third kappa shape index (κ3) is 31.0. The van der Waals surface area contributed by atoms with Crippen molar-refractivity contribution in [3.05, 3.63) is 0 Å². The van der Waals surface area contributed by atoms with E-state index in [1.54, 1.807) is 0 Å². The summed E-state index contributed by atoms with van der Waals surface area (Å²) >= 11 is 0. The highest BCUT2D eigenvalue weighted by Crippen LogP contribution is 2.64. The van der Waals surface area contributed by atoms with Gasteiger partial charge in [0.2, 0.25) is 0 Å². The highest BCUT2D eigenvalue weighted by atomic mass is 16.6. The summed E-state index contributed by atoms with van der Waals surface area (Å²) in [6.45, 7) is 45.5. The average molecular weight is 1370 g/mol. The van der Waals surface area contributed by atoms with Gasteiger partial charge in [-0.1, -0.05) is 80.1 Å². The quantitative estimate of drug-likeness (QED) is 0.0485. The van der Waals surface area contributed by atoms with Crippen LogP contribution in [0.1, 0.15) is 307 Å². The maximum atomic E-state index is 12.4. The van der Waals surface area contributed by atoms with Crippen molar-refractivity contribution in [2.24, 2.45) is 67.5 Å². The fourth-order valence-corrected chi connectivity index (χ4v) is 12.2. The lowest BCUT2D eigenvalue weighted by Crippen LogP contribution is -2.57. The number of ether oxygens (including phenoxy) is 8. The number of carbonyl (C=O) groups is 8. The first-order valence-electron chi connectivity index (χ1n) is 36.5. The van der Waals surface area contributed by atoms with Crippen molar-refractivity contribution in [1.29, 1.82) is 0 Å². The van der Waals surface area contributed by atoms with Crippen LogP contribution in [0.25, 0.3) is 0 Å². The van der Waals surface area contributed by atoms with Crippen molar-refractivity contribution < 1.29 is 91.6 Å². The van der Waals surface area contributed by atoms with Crippen LogP contribution in [0.3, 0.4) is 0 Å². The second-order valence-electron chi connectivity index (χ2n) is 33.1. The second-order valence-corrected chi connectivity index (χ2v) is 33.1. The van der Waals surface area contributed by atoms with Crippen molar-refractivity contribution in [2.75, 3.05) is 52.9 Å². The second kappa shape index (κ2) is 41.4. The fraction of sp³-hybridized carbons (Fsp3) is 0.896. The Morgan fingerprint density at radius 1 is 0.333 bits per heavy atom. The molecule has 562 valence electrons. The Morgan fingerprint density at radius 3 is 0.833 bits per heavy atom. The molecule has 0 spiro atoms. The molecule has 0 atom stereocenters. The molecule has 0 aromatic heterocycles. The standard InChI is InChI=1S/C21H34O4.C17H30O4.C15H28O2.3C8H16O3/c1-6-19(2,3)18(23)24-13-17(22)25-20(4,5)21-10-14-7-15(11-21)9-16(8-14)12-21;1-6-16(2,3)15(19)20-12-14(18)21-17(4,5)13-10-8-7-9-11-13;1-6-14(2,3)13(16)17-15(4,5)12-10-8-7-9-11-12;3*1-4-8(2,3)7(10)11-6-5-9/h14-16H,6-13H2,1-5H3;13H,6-12H2,1-5H3;12H,6-11H2,1-5H3;3*9H,4-6H2,1-3H3. The van der Waals surface area contributed by atoms with Crippen LogP contribution in [0, 0.1) is 67.5 Å². The largest absolute Gasteiger partial charge is 0.463 e. The van der Waals surface area contributed by atoms with Crippen LogP contribution < -0.4 is 0 Å². The highest BCUT2D eigenvalue weighted by molar-refractivity contribution is 5.81. The molecule has 0 amide bonds. The normalized spacial score (nSPS) is 19.9. The van der Waals surface area contributed by atoms with E-state index in [9.17, 15) is 38.4 Å². The van der Waals surface area contributed by atoms with E-state index in [0.717, 1.165) is 56.3 Å². The van der Waals surface area contributed by atoms with Gasteiger partial charge in [0.15, 0.2) is 13.2 Å². The van der Waals surface area contributed by atoms with E-state index in [1.807, 2.05) is 138 Å². The summed E-state index contributed by atoms with van der Waals surface area (Å²) in [5.41, 5.74) is -3.90. The molecule has 3 N–H and O–H groups in total. The van der Waals surface area contributed by atoms with Gasteiger partial charge in [0.1, 0.15) is 36.6 Å². The molecule has 6 aliphatic carbocycles. The minimum Gasteiger partial charge on any atom is -0.463 e. The summed E-state index contributed by atoms with van der Waals surface area (Å²) in [6, 6.07) is 0. The van der Waals surface area contributed by atoms with Gasteiger partial charge in [0.05, 0.1) is 52.3 Å². The van der Waals surface area contributed by atoms with Crippen LogP contribution in [0.2, 0.25) is 0 Å². The Bertz CT molecular complexity index is 2230. The number of aliphatic hydroxyl groups excluding tert-OH is 3. The zero-order valence-corrected chi connectivity index (χ0v) is 65.0. The molecule has 6 fully saturated rings. The molecule has 19 heteroatoms. The number of hydrogen-bond donors (Lipinski definition) is 3. The molecule has 6 saturated carbocycles. The molecule has 0 saturated heterocycles. The topological polar surface area (TPSA) is 271 Å². The van der Waals surface area contributed by atoms with E-state index in [0.29, 0.717) is 24.7 Å². The van der Waals surface area contributed by atoms with Crippen molar-refractivity contribution >= 4 is 47.8 Å². The van der Waals surface area contributed by atoms with Crippen molar-refractivity contribution in [3.63, 3.8) is 0 Å². The van der Waals surface area contributed by atoms with Crippen molar-refractivity contribution in [2.45, 2.75) is 324 Å². The lowest BCUT2D eigenvalue weighted by Gasteiger charge is -2.61. The molecular formula is C77H140O19. The maximum absolute atomic E-state index is 12.4. The van der Waals surface area contributed by atoms with E-state index in [-0.39, 0.29) is 105 Å². The van der Waals surface area contributed by atoms with E-state index >= 15 is 0 Å². The first kappa shape index (κ1) is 91.6. The van der Waals surface area contributed by atoms with Gasteiger partial charge in [0.25, 0.3) is 0 Å². The molecule has 4 bridgehead atoms. The predicted octanol–water partition coefficient (Wildman–Crippen LogP) is 15.6. The molecule has 0 unspecified atom stereocenters. The van der Waals surface area contributed by atoms with Gasteiger partial charge in [-0.25, -0.2) is 9.59 Å². The molecule has 19 nitrogen and oxygen atoms in total. The summed E-state index contributed by atoms with van der Waals surface area (Å²) in [5, 5.41) is 25.1. The molecule has 0 aliphatic heterocycles. The summed E-state index contributed by atoms with van der Waals surface area (Å²) in [7, 11) is 0. The van der Waals surface area contributed by atoms with Crippen LogP contribution in [0.5, 0.6) is 0 Å². The summed E-state index contributed by atoms with van der Waals surface area (Å²) in [5.74, 6) is 1.05. The van der Waals surface area contributed by atoms with Gasteiger partial charge in [0, 0.05) is 5.41 Å². The Labute approximate surface area is 581 Å². The fourth-order valence-electron chi connectivity index (χ4n) is 12.2. The van der Waals surface area contributed by atoms with E-state index in [1.165, 1.54) is 89.9 Å². The molecule has 0 radical (unpaired) electrons. The average Bonchev–Trinajstić information content (AvgIpc) is 0.726. The Balaban J connectivity index is 0.00000117. The van der Waals surface area contributed by atoms with Crippen molar-refractivity contribution in [3.8, 4) is 0 Å². The number of aliphatic hydroxyl groups is 3. The third-order valence-corrected chi connectivity index (χ3v) is 21.8. The van der Waals surface area contributed by atoms with Gasteiger partial charge in [-0.2, -0.15) is 0 Å². The summed E-state index contributed by atoms with van der Waals surface area (Å²) in [4.78, 5) is 93.7. The molecule has 96 heavy (non-hydrogen) atoms. The number of hydrogen-bond acceptors (Lipinski definition) is 19. The monoisotopic (exact) mass is 1370 g/mol. The van der Waals surface area contributed by atoms with Gasteiger partial charge < -0.3 is 53.2 Å². The summed E-state index contributed by atoms with van der Waals surface area (Å²) in [6.07, 6.45) is 24.2. The molecule has 6 rings (SSSR count). The zero-order chi connectivity index (χ0) is 74.4. The molecule has 6 aliphatic rings. The lowest BCUT2D eigenvalue weighted by molar-refractivity contribution is -0.203. The number of esters is 8. The van der Waals surface area contributed by atoms with Crippen molar-refractivity contribution in [1.82, 2.24) is 0 Å². The number of rotatable bonds is 28. The molecule has 0 heterocycles.